The van der Waals surface area contributed by atoms with Crippen molar-refractivity contribution < 1.29 is 14.3 Å². The van der Waals surface area contributed by atoms with Gasteiger partial charge in [0, 0.05) is 13.1 Å². The Kier molecular flexibility index (Phi) is 7.45. The highest BCUT2D eigenvalue weighted by atomic mass is 32.1. The first-order valence-corrected chi connectivity index (χ1v) is 10.6. The fourth-order valence-corrected chi connectivity index (χ4v) is 4.00. The van der Waals surface area contributed by atoms with E-state index in [0.29, 0.717) is 30.5 Å². The first kappa shape index (κ1) is 20.4. The molecule has 6 nitrogen and oxygen atoms in total. The third-order valence-electron chi connectivity index (χ3n) is 4.89. The van der Waals surface area contributed by atoms with Crippen LogP contribution in [0.1, 0.15) is 25.3 Å². The summed E-state index contributed by atoms with van der Waals surface area (Å²) >= 11 is 1.73. The fourth-order valence-electron chi connectivity index (χ4n) is 3.34. The van der Waals surface area contributed by atoms with Gasteiger partial charge in [-0.2, -0.15) is 11.3 Å². The van der Waals surface area contributed by atoms with E-state index in [9.17, 15) is 9.59 Å². The van der Waals surface area contributed by atoms with Crippen LogP contribution in [0.2, 0.25) is 0 Å². The molecule has 2 N–H and O–H groups in total. The number of benzene rings is 1. The Balaban J connectivity index is 1.40. The second-order valence-electron chi connectivity index (χ2n) is 6.94. The van der Waals surface area contributed by atoms with Crippen LogP contribution in [0.5, 0.6) is 5.75 Å². The lowest BCUT2D eigenvalue weighted by Gasteiger charge is -2.31. The largest absolute Gasteiger partial charge is 0.492 e. The Morgan fingerprint density at radius 1 is 1.18 bits per heavy atom. The number of likely N-dealkylation sites (tertiary alicyclic amines) is 1. The molecule has 0 bridgehead atoms. The third-order valence-corrected chi connectivity index (χ3v) is 5.62. The lowest BCUT2D eigenvalue weighted by molar-refractivity contribution is -0.136. The van der Waals surface area contributed by atoms with Gasteiger partial charge in [-0.25, -0.2) is 0 Å². The Labute approximate surface area is 169 Å². The molecule has 2 amide bonds. The number of para-hydroxylation sites is 2. The Hall–Kier alpha value is -2.38. The van der Waals surface area contributed by atoms with Crippen LogP contribution in [-0.2, 0) is 16.1 Å². The van der Waals surface area contributed by atoms with Crippen molar-refractivity contribution in [2.45, 2.75) is 26.3 Å². The van der Waals surface area contributed by atoms with Crippen molar-refractivity contribution in [2.24, 2.45) is 5.92 Å². The number of nitrogens with one attached hydrogen (secondary N) is 2. The van der Waals surface area contributed by atoms with E-state index in [4.69, 9.17) is 4.74 Å². The monoisotopic (exact) mass is 401 g/mol. The highest BCUT2D eigenvalue weighted by molar-refractivity contribution is 7.07. The Morgan fingerprint density at radius 2 is 1.96 bits per heavy atom. The molecular weight excluding hydrogens is 374 g/mol. The van der Waals surface area contributed by atoms with Crippen LogP contribution < -0.4 is 15.4 Å². The SMILES string of the molecule is CCOc1ccccc1NC(=O)C(=O)NCC1CCN(Cc2ccsc2)CC1. The van der Waals surface area contributed by atoms with E-state index in [1.54, 1.807) is 29.5 Å². The van der Waals surface area contributed by atoms with Gasteiger partial charge in [-0.1, -0.05) is 12.1 Å². The second-order valence-corrected chi connectivity index (χ2v) is 7.72. The molecule has 1 aromatic carbocycles. The summed E-state index contributed by atoms with van der Waals surface area (Å²) in [5.41, 5.74) is 1.87. The molecule has 2 aromatic rings. The number of rotatable bonds is 7. The number of anilines is 1. The average molecular weight is 402 g/mol. The van der Waals surface area contributed by atoms with Gasteiger partial charge in [0.25, 0.3) is 0 Å². The number of hydrogen-bond acceptors (Lipinski definition) is 5. The number of hydrogen-bond donors (Lipinski definition) is 2. The summed E-state index contributed by atoms with van der Waals surface area (Å²) in [6.45, 7) is 5.92. The van der Waals surface area contributed by atoms with Crippen molar-refractivity contribution in [2.75, 3.05) is 31.6 Å². The highest BCUT2D eigenvalue weighted by Crippen LogP contribution is 2.23. The van der Waals surface area contributed by atoms with Gasteiger partial charge in [-0.05, 0) is 73.3 Å². The van der Waals surface area contributed by atoms with Gasteiger partial charge >= 0.3 is 11.8 Å². The van der Waals surface area contributed by atoms with E-state index in [1.165, 1.54) is 5.56 Å². The first-order chi connectivity index (χ1) is 13.7. The van der Waals surface area contributed by atoms with Gasteiger partial charge in [-0.3, -0.25) is 14.5 Å². The van der Waals surface area contributed by atoms with E-state index < -0.39 is 11.8 Å². The lowest BCUT2D eigenvalue weighted by atomic mass is 9.96. The molecule has 1 aliphatic heterocycles. The van der Waals surface area contributed by atoms with Gasteiger partial charge in [0.05, 0.1) is 12.3 Å². The summed E-state index contributed by atoms with van der Waals surface area (Å²) in [7, 11) is 0. The number of thiophene rings is 1. The molecule has 0 unspecified atom stereocenters. The highest BCUT2D eigenvalue weighted by Gasteiger charge is 2.22. The molecule has 28 heavy (non-hydrogen) atoms. The van der Waals surface area contributed by atoms with Crippen LogP contribution in [0.3, 0.4) is 0 Å². The maximum atomic E-state index is 12.2. The van der Waals surface area contributed by atoms with Gasteiger partial charge in [0.2, 0.25) is 0 Å². The molecule has 150 valence electrons. The average Bonchev–Trinajstić information content (AvgIpc) is 3.22. The molecule has 0 saturated carbocycles. The predicted molar refractivity (Wildman–Crippen MR) is 112 cm³/mol. The van der Waals surface area contributed by atoms with Gasteiger partial charge < -0.3 is 15.4 Å². The minimum Gasteiger partial charge on any atom is -0.492 e. The van der Waals surface area contributed by atoms with Crippen molar-refractivity contribution >= 4 is 28.8 Å². The van der Waals surface area contributed by atoms with Gasteiger partial charge in [0.1, 0.15) is 5.75 Å². The van der Waals surface area contributed by atoms with Gasteiger partial charge in [0.15, 0.2) is 0 Å². The predicted octanol–water partition coefficient (Wildman–Crippen LogP) is 3.11. The van der Waals surface area contributed by atoms with Crippen LogP contribution in [0.4, 0.5) is 5.69 Å². The van der Waals surface area contributed by atoms with Crippen LogP contribution >= 0.6 is 11.3 Å². The van der Waals surface area contributed by atoms with Crippen molar-refractivity contribution in [1.82, 2.24) is 10.2 Å². The lowest BCUT2D eigenvalue weighted by Crippen LogP contribution is -2.41. The fraction of sp³-hybridized carbons (Fsp3) is 0.429. The van der Waals surface area contributed by atoms with E-state index in [2.05, 4.69) is 32.4 Å². The smallest absolute Gasteiger partial charge is 0.313 e. The van der Waals surface area contributed by atoms with E-state index >= 15 is 0 Å². The van der Waals surface area contributed by atoms with E-state index in [0.717, 1.165) is 32.5 Å². The van der Waals surface area contributed by atoms with Crippen molar-refractivity contribution in [3.05, 3.63) is 46.7 Å². The molecule has 1 aromatic heterocycles. The van der Waals surface area contributed by atoms with Gasteiger partial charge in [-0.15, -0.1) is 0 Å². The number of ether oxygens (including phenoxy) is 1. The zero-order valence-corrected chi connectivity index (χ0v) is 17.0. The maximum Gasteiger partial charge on any atom is 0.313 e. The summed E-state index contributed by atoms with van der Waals surface area (Å²) in [6, 6.07) is 9.27. The molecule has 7 heteroatoms. The number of nitrogens with zero attached hydrogens (tertiary/aromatic N) is 1. The normalized spacial score (nSPS) is 15.2. The zero-order valence-electron chi connectivity index (χ0n) is 16.1. The van der Waals surface area contributed by atoms with Crippen LogP contribution in [0, 0.1) is 5.92 Å². The standard InChI is InChI=1S/C21H27N3O3S/c1-2-27-19-6-4-3-5-18(19)23-21(26)20(25)22-13-16-7-10-24(11-8-16)14-17-9-12-28-15-17/h3-6,9,12,15-16H,2,7-8,10-11,13-14H2,1H3,(H,22,25)(H,23,26). The van der Waals surface area contributed by atoms with Crippen LogP contribution in [-0.4, -0.2) is 43.0 Å². The molecule has 0 radical (unpaired) electrons. The van der Waals surface area contributed by atoms with Crippen molar-refractivity contribution in [3.8, 4) is 5.75 Å². The molecule has 0 atom stereocenters. The zero-order chi connectivity index (χ0) is 19.8. The molecule has 1 aliphatic rings. The van der Waals surface area contributed by atoms with E-state index in [1.807, 2.05) is 13.0 Å². The van der Waals surface area contributed by atoms with Crippen molar-refractivity contribution in [1.29, 1.82) is 0 Å². The Morgan fingerprint density at radius 3 is 2.68 bits per heavy atom. The summed E-state index contributed by atoms with van der Waals surface area (Å²) in [4.78, 5) is 26.8. The summed E-state index contributed by atoms with van der Waals surface area (Å²) in [5.74, 6) is -0.301. The second kappa shape index (κ2) is 10.2. The third kappa shape index (κ3) is 5.81. The first-order valence-electron chi connectivity index (χ1n) is 9.70. The quantitative estimate of drug-likeness (QED) is 0.700. The minimum absolute atomic E-state index is 0.409. The number of carbonyl (C=O) groups is 2. The molecule has 3 rings (SSSR count). The summed E-state index contributed by atoms with van der Waals surface area (Å²) in [6.07, 6.45) is 2.05. The van der Waals surface area contributed by atoms with Crippen LogP contribution in [0.25, 0.3) is 0 Å². The molecular formula is C21H27N3O3S. The molecule has 1 fully saturated rings. The molecule has 0 spiro atoms. The molecule has 2 heterocycles. The topological polar surface area (TPSA) is 70.7 Å². The Bertz CT molecular complexity index is 771. The van der Waals surface area contributed by atoms with Crippen LogP contribution in [0.15, 0.2) is 41.1 Å². The summed E-state index contributed by atoms with van der Waals surface area (Å²) in [5, 5.41) is 9.70. The maximum absolute atomic E-state index is 12.2. The van der Waals surface area contributed by atoms with Crippen molar-refractivity contribution in [3.63, 3.8) is 0 Å². The molecule has 1 saturated heterocycles. The summed E-state index contributed by atoms with van der Waals surface area (Å²) < 4.78 is 5.47. The van der Waals surface area contributed by atoms with E-state index in [-0.39, 0.29) is 0 Å². The minimum atomic E-state index is -0.665. The number of piperidine rings is 1. The number of carbonyl (C=O) groups excluding carboxylic acids is 2. The number of amides is 2. The molecule has 0 aliphatic carbocycles.